The van der Waals surface area contributed by atoms with Gasteiger partial charge < -0.3 is 20.2 Å². The fourth-order valence-corrected chi connectivity index (χ4v) is 4.12. The van der Waals surface area contributed by atoms with E-state index < -0.39 is 0 Å². The number of fused-ring (bicyclic) bond motifs is 2. The van der Waals surface area contributed by atoms with E-state index in [1.54, 1.807) is 0 Å². The van der Waals surface area contributed by atoms with Gasteiger partial charge in [0.25, 0.3) is 0 Å². The van der Waals surface area contributed by atoms with Crippen LogP contribution in [0.25, 0.3) is 21.8 Å². The molecule has 0 saturated carbocycles. The van der Waals surface area contributed by atoms with Gasteiger partial charge in [-0.1, -0.05) is 43.3 Å². The van der Waals surface area contributed by atoms with Crippen molar-refractivity contribution in [3.63, 3.8) is 0 Å². The molecule has 0 fully saturated rings. The van der Waals surface area contributed by atoms with E-state index in [4.69, 9.17) is 0 Å². The van der Waals surface area contributed by atoms with Crippen LogP contribution in [-0.2, 0) is 12.8 Å². The number of benzene rings is 2. The van der Waals surface area contributed by atoms with Crippen LogP contribution in [0, 0.1) is 0 Å². The molecule has 0 aliphatic rings. The summed E-state index contributed by atoms with van der Waals surface area (Å²) in [5, 5.41) is 5.96. The van der Waals surface area contributed by atoms with Crippen molar-refractivity contribution in [2.45, 2.75) is 52.6 Å². The van der Waals surface area contributed by atoms with Crippen molar-refractivity contribution in [3.05, 3.63) is 72.1 Å². The van der Waals surface area contributed by atoms with Crippen molar-refractivity contribution >= 4 is 21.8 Å². The Bertz CT molecular complexity index is 1060. The number of nitrogens with zero attached hydrogens (tertiary/aromatic N) is 1. The highest BCUT2D eigenvalue weighted by molar-refractivity contribution is 5.83. The number of H-pyrrole nitrogens is 2. The minimum atomic E-state index is 0.522. The smallest absolute Gasteiger partial charge is 0.0456 e. The van der Waals surface area contributed by atoms with Crippen LogP contribution in [0.3, 0.4) is 0 Å². The Morgan fingerprint density at radius 1 is 0.839 bits per heavy atom. The topological polar surface area (TPSA) is 46.9 Å². The third-order valence-electron chi connectivity index (χ3n) is 6.17. The summed E-state index contributed by atoms with van der Waals surface area (Å²) in [5.74, 6) is 0. The van der Waals surface area contributed by atoms with Crippen LogP contribution in [0.4, 0.5) is 0 Å². The molecule has 2 aromatic carbocycles. The van der Waals surface area contributed by atoms with Gasteiger partial charge in [0.1, 0.15) is 0 Å². The molecule has 0 radical (unpaired) electrons. The molecule has 1 atom stereocenters. The fourth-order valence-electron chi connectivity index (χ4n) is 4.12. The minimum Gasteiger partial charge on any atom is -0.361 e. The molecule has 1 unspecified atom stereocenters. The summed E-state index contributed by atoms with van der Waals surface area (Å²) in [6, 6.07) is 18.1. The highest BCUT2D eigenvalue weighted by Crippen LogP contribution is 2.19. The molecule has 31 heavy (non-hydrogen) atoms. The van der Waals surface area contributed by atoms with Crippen molar-refractivity contribution in [2.24, 2.45) is 0 Å². The maximum atomic E-state index is 3.34. The third kappa shape index (κ3) is 5.99. The number of rotatable bonds is 8. The molecular weight excluding hydrogens is 380 g/mol. The number of hydrogen-bond acceptors (Lipinski definition) is 2. The lowest BCUT2D eigenvalue weighted by molar-refractivity contribution is 0.237. The molecule has 166 valence electrons. The molecule has 0 aliphatic heterocycles. The van der Waals surface area contributed by atoms with Gasteiger partial charge in [-0.2, -0.15) is 0 Å². The molecule has 2 heterocycles. The van der Waals surface area contributed by atoms with Crippen LogP contribution in [-0.4, -0.2) is 47.1 Å². The summed E-state index contributed by atoms with van der Waals surface area (Å²) in [5.41, 5.74) is 5.29. The number of aromatic nitrogens is 2. The molecule has 0 aliphatic carbocycles. The monoisotopic (exact) mass is 418 g/mol. The lowest BCUT2D eigenvalue weighted by Crippen LogP contribution is -2.32. The number of nitrogens with one attached hydrogen (secondary N) is 3. The van der Waals surface area contributed by atoms with Gasteiger partial charge in [-0.05, 0) is 70.5 Å². The normalized spacial score (nSPS) is 12.5. The zero-order chi connectivity index (χ0) is 22.2. The standard InChI is InChI=1S/C15H22N2.C12H16N2/c1-4-17(12(2)3)10-9-13-11-16-15-8-6-5-7-14(13)15;1-9(13-2)7-10-8-14-12-6-4-3-5-11(10)12/h5-8,11-12,16H,4,9-10H2,1-3H3;3-6,8-9,13-14H,7H2,1-2H3. The van der Waals surface area contributed by atoms with E-state index in [0.717, 1.165) is 25.9 Å². The van der Waals surface area contributed by atoms with E-state index in [1.165, 1.54) is 32.9 Å². The molecule has 4 heteroatoms. The molecule has 3 N–H and O–H groups in total. The van der Waals surface area contributed by atoms with Gasteiger partial charge in [-0.25, -0.2) is 0 Å². The van der Waals surface area contributed by atoms with Crippen LogP contribution in [0.2, 0.25) is 0 Å². The zero-order valence-corrected chi connectivity index (χ0v) is 19.7. The second-order valence-corrected chi connectivity index (χ2v) is 8.59. The highest BCUT2D eigenvalue weighted by atomic mass is 15.1. The quantitative estimate of drug-likeness (QED) is 0.341. The fraction of sp³-hybridized carbons (Fsp3) is 0.407. The van der Waals surface area contributed by atoms with E-state index in [0.29, 0.717) is 12.1 Å². The Balaban J connectivity index is 0.000000179. The van der Waals surface area contributed by atoms with E-state index in [-0.39, 0.29) is 0 Å². The van der Waals surface area contributed by atoms with Crippen LogP contribution in [0.1, 0.15) is 38.8 Å². The Morgan fingerprint density at radius 2 is 1.39 bits per heavy atom. The van der Waals surface area contributed by atoms with Gasteiger partial charge in [0.05, 0.1) is 0 Å². The second kappa shape index (κ2) is 11.2. The van der Waals surface area contributed by atoms with Crippen molar-refractivity contribution in [3.8, 4) is 0 Å². The maximum absolute atomic E-state index is 3.34. The summed E-state index contributed by atoms with van der Waals surface area (Å²) in [6.07, 6.45) is 6.45. The first kappa shape index (κ1) is 23.1. The second-order valence-electron chi connectivity index (χ2n) is 8.59. The lowest BCUT2D eigenvalue weighted by atomic mass is 10.1. The van der Waals surface area contributed by atoms with E-state index in [2.05, 4.69) is 109 Å². The van der Waals surface area contributed by atoms with Crippen LogP contribution in [0.15, 0.2) is 60.9 Å². The molecule has 0 amide bonds. The van der Waals surface area contributed by atoms with Crippen LogP contribution in [0.5, 0.6) is 0 Å². The van der Waals surface area contributed by atoms with Crippen molar-refractivity contribution in [1.82, 2.24) is 20.2 Å². The first-order chi connectivity index (χ1) is 15.0. The average molecular weight is 419 g/mol. The van der Waals surface area contributed by atoms with Gasteiger partial charge in [-0.15, -0.1) is 0 Å². The van der Waals surface area contributed by atoms with Gasteiger partial charge in [0.2, 0.25) is 0 Å². The largest absolute Gasteiger partial charge is 0.361 e. The Labute approximate surface area is 187 Å². The van der Waals surface area contributed by atoms with Crippen LogP contribution >= 0.6 is 0 Å². The van der Waals surface area contributed by atoms with Crippen LogP contribution < -0.4 is 5.32 Å². The van der Waals surface area contributed by atoms with Gasteiger partial charge in [0.15, 0.2) is 0 Å². The number of likely N-dealkylation sites (N-methyl/N-ethyl adjacent to an activating group) is 2. The number of aromatic amines is 2. The molecule has 0 saturated heterocycles. The number of hydrogen-bond donors (Lipinski definition) is 3. The summed E-state index contributed by atoms with van der Waals surface area (Å²) in [7, 11) is 2.00. The summed E-state index contributed by atoms with van der Waals surface area (Å²) in [6.45, 7) is 11.2. The third-order valence-corrected chi connectivity index (χ3v) is 6.17. The molecule has 2 aromatic heterocycles. The molecule has 4 rings (SSSR count). The summed E-state index contributed by atoms with van der Waals surface area (Å²) >= 11 is 0. The predicted octanol–water partition coefficient (Wildman–Crippen LogP) is 5.76. The minimum absolute atomic E-state index is 0.522. The molecule has 0 spiro atoms. The number of para-hydroxylation sites is 2. The SMILES string of the molecule is CCN(CCc1c[nH]c2ccccc12)C(C)C.CNC(C)Cc1c[nH]c2ccccc12. The summed E-state index contributed by atoms with van der Waals surface area (Å²) < 4.78 is 0. The molecule has 4 nitrogen and oxygen atoms in total. The van der Waals surface area contributed by atoms with E-state index >= 15 is 0 Å². The molecular formula is C27H38N4. The molecule has 0 bridgehead atoms. The molecule has 4 aromatic rings. The van der Waals surface area contributed by atoms with Crippen molar-refractivity contribution in [2.75, 3.05) is 20.1 Å². The van der Waals surface area contributed by atoms with Crippen molar-refractivity contribution in [1.29, 1.82) is 0 Å². The predicted molar refractivity (Wildman–Crippen MR) is 135 cm³/mol. The average Bonchev–Trinajstić information content (AvgIpc) is 3.39. The summed E-state index contributed by atoms with van der Waals surface area (Å²) in [4.78, 5) is 9.13. The van der Waals surface area contributed by atoms with Gasteiger partial charge >= 0.3 is 0 Å². The Hall–Kier alpha value is -2.56. The van der Waals surface area contributed by atoms with Gasteiger partial charge in [-0.3, -0.25) is 0 Å². The van der Waals surface area contributed by atoms with E-state index in [9.17, 15) is 0 Å². The van der Waals surface area contributed by atoms with Crippen molar-refractivity contribution < 1.29 is 0 Å². The van der Waals surface area contributed by atoms with E-state index in [1.807, 2.05) is 7.05 Å². The van der Waals surface area contributed by atoms with Gasteiger partial charge in [0, 0.05) is 52.8 Å². The Morgan fingerprint density at radius 3 is 1.94 bits per heavy atom. The highest BCUT2D eigenvalue weighted by Gasteiger charge is 2.09. The Kier molecular flexibility index (Phi) is 8.33. The first-order valence-corrected chi connectivity index (χ1v) is 11.5. The lowest BCUT2D eigenvalue weighted by Gasteiger charge is -2.24. The first-order valence-electron chi connectivity index (χ1n) is 11.5. The maximum Gasteiger partial charge on any atom is 0.0456 e. The zero-order valence-electron chi connectivity index (χ0n) is 19.7.